The summed E-state index contributed by atoms with van der Waals surface area (Å²) < 4.78 is 37.7. The molecule has 0 aromatic carbocycles. The molecule has 1 aromatic rings. The van der Waals surface area contributed by atoms with Crippen LogP contribution in [0.1, 0.15) is 43.5 Å². The van der Waals surface area contributed by atoms with Gasteiger partial charge in [0.1, 0.15) is 6.42 Å². The molecule has 1 unspecified atom stereocenters. The maximum Gasteiger partial charge on any atom is 0.397 e. The van der Waals surface area contributed by atoms with Crippen molar-refractivity contribution < 1.29 is 22.8 Å². The SMILES string of the molecule is Cc1cnc(CN2CC3(CCCN(C(=O)CC(F)(F)F)C3)CCC2=O)cn1. The summed E-state index contributed by atoms with van der Waals surface area (Å²) in [5.41, 5.74) is 1.11. The molecule has 0 saturated carbocycles. The van der Waals surface area contributed by atoms with Gasteiger partial charge in [-0.15, -0.1) is 0 Å². The molecule has 6 nitrogen and oxygen atoms in total. The van der Waals surface area contributed by atoms with Gasteiger partial charge in [0, 0.05) is 37.7 Å². The second kappa shape index (κ2) is 7.44. The Morgan fingerprint density at radius 1 is 1.22 bits per heavy atom. The summed E-state index contributed by atoms with van der Waals surface area (Å²) in [4.78, 5) is 35.8. The Morgan fingerprint density at radius 2 is 2.00 bits per heavy atom. The van der Waals surface area contributed by atoms with E-state index >= 15 is 0 Å². The van der Waals surface area contributed by atoms with E-state index in [-0.39, 0.29) is 17.9 Å². The van der Waals surface area contributed by atoms with E-state index in [2.05, 4.69) is 9.97 Å². The number of carbonyl (C=O) groups is 2. The molecule has 0 N–H and O–H groups in total. The van der Waals surface area contributed by atoms with E-state index in [1.807, 2.05) is 6.92 Å². The van der Waals surface area contributed by atoms with Crippen LogP contribution in [-0.4, -0.2) is 57.4 Å². The van der Waals surface area contributed by atoms with E-state index in [4.69, 9.17) is 0 Å². The number of amides is 2. The van der Waals surface area contributed by atoms with Crippen molar-refractivity contribution in [1.82, 2.24) is 19.8 Å². The van der Waals surface area contributed by atoms with Gasteiger partial charge in [0.05, 0.1) is 24.1 Å². The largest absolute Gasteiger partial charge is 0.397 e. The van der Waals surface area contributed by atoms with Gasteiger partial charge in [0.15, 0.2) is 0 Å². The predicted octanol–water partition coefficient (Wildman–Crippen LogP) is 2.47. The molecule has 0 radical (unpaired) electrons. The van der Waals surface area contributed by atoms with E-state index in [9.17, 15) is 22.8 Å². The van der Waals surface area contributed by atoms with Crippen LogP contribution in [-0.2, 0) is 16.1 Å². The summed E-state index contributed by atoms with van der Waals surface area (Å²) in [6, 6.07) is 0. The van der Waals surface area contributed by atoms with Crippen molar-refractivity contribution in [3.63, 3.8) is 0 Å². The van der Waals surface area contributed by atoms with Gasteiger partial charge in [-0.2, -0.15) is 13.2 Å². The Hall–Kier alpha value is -2.19. The van der Waals surface area contributed by atoms with Crippen molar-refractivity contribution in [1.29, 1.82) is 0 Å². The number of piperidine rings is 2. The molecular formula is C18H23F3N4O2. The molecule has 148 valence electrons. The molecule has 2 amide bonds. The topological polar surface area (TPSA) is 66.4 Å². The zero-order valence-corrected chi connectivity index (χ0v) is 15.3. The number of hydrogen-bond acceptors (Lipinski definition) is 4. The van der Waals surface area contributed by atoms with Gasteiger partial charge in [-0.25, -0.2) is 0 Å². The number of nitrogens with zero attached hydrogens (tertiary/aromatic N) is 4. The van der Waals surface area contributed by atoms with Gasteiger partial charge < -0.3 is 9.80 Å². The first kappa shape index (κ1) is 19.6. The van der Waals surface area contributed by atoms with Gasteiger partial charge in [-0.05, 0) is 26.2 Å². The molecular weight excluding hydrogens is 361 g/mol. The fraction of sp³-hybridized carbons (Fsp3) is 0.667. The van der Waals surface area contributed by atoms with Crippen LogP contribution in [0.5, 0.6) is 0 Å². The predicted molar refractivity (Wildman–Crippen MR) is 90.3 cm³/mol. The van der Waals surface area contributed by atoms with Crippen molar-refractivity contribution in [3.8, 4) is 0 Å². The smallest absolute Gasteiger partial charge is 0.342 e. The number of aromatic nitrogens is 2. The van der Waals surface area contributed by atoms with Crippen molar-refractivity contribution in [3.05, 3.63) is 23.8 Å². The molecule has 0 aliphatic carbocycles. The Kier molecular flexibility index (Phi) is 5.39. The van der Waals surface area contributed by atoms with Gasteiger partial charge in [0.25, 0.3) is 0 Å². The fourth-order valence-corrected chi connectivity index (χ4v) is 3.98. The number of alkyl halides is 3. The van der Waals surface area contributed by atoms with Crippen LogP contribution in [0.2, 0.25) is 0 Å². The average molecular weight is 384 g/mol. The number of aryl methyl sites for hydroxylation is 1. The highest BCUT2D eigenvalue weighted by Gasteiger charge is 2.44. The third-order valence-electron chi connectivity index (χ3n) is 5.30. The molecule has 9 heteroatoms. The maximum atomic E-state index is 12.6. The van der Waals surface area contributed by atoms with Crippen molar-refractivity contribution in [2.45, 2.75) is 51.7 Å². The van der Waals surface area contributed by atoms with Gasteiger partial charge in [-0.1, -0.05) is 0 Å². The second-order valence-corrected chi connectivity index (χ2v) is 7.61. The van der Waals surface area contributed by atoms with Crippen LogP contribution < -0.4 is 0 Å². The highest BCUT2D eigenvalue weighted by Crippen LogP contribution is 2.39. The Balaban J connectivity index is 1.68. The first-order valence-electron chi connectivity index (χ1n) is 9.06. The molecule has 1 spiro atoms. The van der Waals surface area contributed by atoms with Crippen LogP contribution in [0.25, 0.3) is 0 Å². The quantitative estimate of drug-likeness (QED) is 0.803. The molecule has 2 aliphatic rings. The molecule has 2 saturated heterocycles. The van der Waals surface area contributed by atoms with Gasteiger partial charge in [0.2, 0.25) is 11.8 Å². The lowest BCUT2D eigenvalue weighted by Crippen LogP contribution is -2.55. The van der Waals surface area contributed by atoms with Gasteiger partial charge >= 0.3 is 6.18 Å². The third kappa shape index (κ3) is 4.95. The molecule has 27 heavy (non-hydrogen) atoms. The molecule has 0 bridgehead atoms. The summed E-state index contributed by atoms with van der Waals surface area (Å²) in [6.07, 6.45) is -0.285. The molecule has 3 heterocycles. The zero-order chi connectivity index (χ0) is 19.7. The normalized spacial score (nSPS) is 23.8. The summed E-state index contributed by atoms with van der Waals surface area (Å²) >= 11 is 0. The van der Waals surface area contributed by atoms with Crippen LogP contribution in [0.15, 0.2) is 12.4 Å². The Bertz CT molecular complexity index is 708. The van der Waals surface area contributed by atoms with E-state index < -0.39 is 18.5 Å². The number of hydrogen-bond donors (Lipinski definition) is 0. The summed E-state index contributed by atoms with van der Waals surface area (Å²) in [5, 5.41) is 0. The molecule has 1 aromatic heterocycles. The van der Waals surface area contributed by atoms with E-state index in [0.717, 1.165) is 12.1 Å². The van der Waals surface area contributed by atoms with Gasteiger partial charge in [-0.3, -0.25) is 19.6 Å². The fourth-order valence-electron chi connectivity index (χ4n) is 3.98. The molecule has 2 fully saturated rings. The minimum atomic E-state index is -4.50. The molecule has 2 aliphatic heterocycles. The third-order valence-corrected chi connectivity index (χ3v) is 5.30. The lowest BCUT2D eigenvalue weighted by Gasteiger charge is -2.48. The second-order valence-electron chi connectivity index (χ2n) is 7.61. The highest BCUT2D eigenvalue weighted by atomic mass is 19.4. The lowest BCUT2D eigenvalue weighted by molar-refractivity contribution is -0.164. The minimum Gasteiger partial charge on any atom is -0.342 e. The van der Waals surface area contributed by atoms with Crippen LogP contribution in [0.3, 0.4) is 0 Å². The van der Waals surface area contributed by atoms with Crippen molar-refractivity contribution in [2.24, 2.45) is 5.41 Å². The number of rotatable bonds is 3. The summed E-state index contributed by atoms with van der Waals surface area (Å²) in [7, 11) is 0. The van der Waals surface area contributed by atoms with Crippen molar-refractivity contribution >= 4 is 11.8 Å². The van der Waals surface area contributed by atoms with Crippen molar-refractivity contribution in [2.75, 3.05) is 19.6 Å². The summed E-state index contributed by atoms with van der Waals surface area (Å²) in [6.45, 7) is 3.19. The number of likely N-dealkylation sites (tertiary alicyclic amines) is 2. The molecule has 1 atom stereocenters. The number of halogens is 3. The van der Waals surface area contributed by atoms with E-state index in [1.165, 1.54) is 4.90 Å². The zero-order valence-electron chi connectivity index (χ0n) is 15.3. The Labute approximate surface area is 155 Å². The number of carbonyl (C=O) groups excluding carboxylic acids is 2. The van der Waals surface area contributed by atoms with E-state index in [0.29, 0.717) is 44.6 Å². The first-order valence-corrected chi connectivity index (χ1v) is 9.06. The van der Waals surface area contributed by atoms with Crippen LogP contribution in [0, 0.1) is 12.3 Å². The summed E-state index contributed by atoms with van der Waals surface area (Å²) in [5.74, 6) is -0.879. The minimum absolute atomic E-state index is 0.00161. The highest BCUT2D eigenvalue weighted by molar-refractivity contribution is 5.78. The first-order chi connectivity index (χ1) is 12.7. The molecule has 3 rings (SSSR count). The monoisotopic (exact) mass is 384 g/mol. The van der Waals surface area contributed by atoms with Crippen LogP contribution >= 0.6 is 0 Å². The lowest BCUT2D eigenvalue weighted by atomic mass is 9.73. The standard InChI is InChI=1S/C18H23F3N4O2/c1-13-8-23-14(9-22-13)10-25-12-17(5-3-15(25)26)4-2-6-24(11-17)16(27)7-18(19,20)21/h8-9H,2-7,10-12H2,1H3. The maximum absolute atomic E-state index is 12.6. The Morgan fingerprint density at radius 3 is 2.67 bits per heavy atom. The average Bonchev–Trinajstić information content (AvgIpc) is 2.59. The van der Waals surface area contributed by atoms with Crippen LogP contribution in [0.4, 0.5) is 13.2 Å². The van der Waals surface area contributed by atoms with E-state index in [1.54, 1.807) is 17.3 Å².